The van der Waals surface area contributed by atoms with Crippen molar-refractivity contribution in [1.29, 1.82) is 0 Å². The highest BCUT2D eigenvalue weighted by Crippen LogP contribution is 2.38. The van der Waals surface area contributed by atoms with Crippen molar-refractivity contribution in [3.8, 4) is 0 Å². The van der Waals surface area contributed by atoms with Gasteiger partial charge in [-0.15, -0.1) is 0 Å². The molecule has 1 saturated carbocycles. The Kier molecular flexibility index (Phi) is 3.68. The van der Waals surface area contributed by atoms with Crippen molar-refractivity contribution in [1.82, 2.24) is 0 Å². The summed E-state index contributed by atoms with van der Waals surface area (Å²) >= 11 is 0. The fourth-order valence-electron chi connectivity index (χ4n) is 2.08. The Balaban J connectivity index is 1.99. The Labute approximate surface area is 106 Å². The molecule has 0 spiro atoms. The second-order valence-corrected chi connectivity index (χ2v) is 5.19. The zero-order valence-electron chi connectivity index (χ0n) is 10.3. The minimum absolute atomic E-state index is 0.0787. The third-order valence-corrected chi connectivity index (χ3v) is 3.41. The summed E-state index contributed by atoms with van der Waals surface area (Å²) in [6.45, 7) is 0. The van der Waals surface area contributed by atoms with Crippen LogP contribution in [0.15, 0.2) is 24.3 Å². The van der Waals surface area contributed by atoms with Crippen LogP contribution in [-0.2, 0) is 11.2 Å². The first-order valence-corrected chi connectivity index (χ1v) is 6.27. The molecule has 1 aromatic rings. The highest BCUT2D eigenvalue weighted by atomic mass is 16.4. The van der Waals surface area contributed by atoms with Crippen LogP contribution in [0.1, 0.15) is 42.9 Å². The van der Waals surface area contributed by atoms with Gasteiger partial charge in [-0.1, -0.05) is 24.3 Å². The van der Waals surface area contributed by atoms with Gasteiger partial charge in [0.2, 0.25) is 0 Å². The van der Waals surface area contributed by atoms with E-state index in [-0.39, 0.29) is 12.5 Å². The maximum atomic E-state index is 10.5. The number of aliphatic hydroxyl groups is 1. The van der Waals surface area contributed by atoms with Crippen LogP contribution in [0, 0.1) is 0 Å². The summed E-state index contributed by atoms with van der Waals surface area (Å²) in [4.78, 5) is 10.5. The van der Waals surface area contributed by atoms with E-state index in [1.165, 1.54) is 0 Å². The first kappa shape index (κ1) is 13.1. The van der Waals surface area contributed by atoms with E-state index in [0.717, 1.165) is 24.0 Å². The van der Waals surface area contributed by atoms with Gasteiger partial charge in [0.25, 0.3) is 0 Å². The zero-order valence-corrected chi connectivity index (χ0v) is 10.3. The second-order valence-electron chi connectivity index (χ2n) is 5.19. The number of hydrogen-bond acceptors (Lipinski definition) is 3. The van der Waals surface area contributed by atoms with Crippen LogP contribution in [-0.4, -0.2) is 21.8 Å². The molecule has 18 heavy (non-hydrogen) atoms. The molecule has 0 heterocycles. The molecule has 0 aromatic heterocycles. The van der Waals surface area contributed by atoms with Crippen molar-refractivity contribution in [2.75, 3.05) is 0 Å². The largest absolute Gasteiger partial charge is 0.481 e. The maximum absolute atomic E-state index is 10.5. The molecule has 1 aliphatic rings. The number of rotatable bonds is 6. The van der Waals surface area contributed by atoms with Gasteiger partial charge in [0, 0.05) is 18.9 Å². The summed E-state index contributed by atoms with van der Waals surface area (Å²) in [5.74, 6) is -0.825. The number of nitrogens with two attached hydrogens (primary N) is 1. The first-order valence-electron chi connectivity index (χ1n) is 6.27. The van der Waals surface area contributed by atoms with Crippen molar-refractivity contribution < 1.29 is 15.0 Å². The minimum Gasteiger partial charge on any atom is -0.481 e. The fourth-order valence-corrected chi connectivity index (χ4v) is 2.08. The van der Waals surface area contributed by atoms with Crippen molar-refractivity contribution in [3.63, 3.8) is 0 Å². The Bertz CT molecular complexity index is 440. The topological polar surface area (TPSA) is 83.6 Å². The molecule has 0 aliphatic heterocycles. The monoisotopic (exact) mass is 249 g/mol. The number of benzene rings is 1. The summed E-state index contributed by atoms with van der Waals surface area (Å²) in [7, 11) is 0. The standard InChI is InChI=1S/C14H19NO3/c15-12(4-5-13(16)17)11-3-1-2-10(8-11)9-14(18)6-7-14/h1-3,8,12,18H,4-7,9,15H2,(H,16,17). The van der Waals surface area contributed by atoms with Gasteiger partial charge in [0.05, 0.1) is 5.60 Å². The lowest BCUT2D eigenvalue weighted by Crippen LogP contribution is -2.14. The summed E-state index contributed by atoms with van der Waals surface area (Å²) in [6.07, 6.45) is 2.90. The normalized spacial score (nSPS) is 18.3. The number of carbonyl (C=O) groups is 1. The Morgan fingerprint density at radius 2 is 2.17 bits per heavy atom. The van der Waals surface area contributed by atoms with E-state index in [1.807, 2.05) is 24.3 Å². The molecular weight excluding hydrogens is 230 g/mol. The van der Waals surface area contributed by atoms with Crippen LogP contribution in [0.25, 0.3) is 0 Å². The molecule has 0 radical (unpaired) electrons. The Morgan fingerprint density at radius 1 is 1.44 bits per heavy atom. The van der Waals surface area contributed by atoms with E-state index < -0.39 is 11.6 Å². The lowest BCUT2D eigenvalue weighted by Gasteiger charge is -2.13. The van der Waals surface area contributed by atoms with Gasteiger partial charge in [-0.2, -0.15) is 0 Å². The Hall–Kier alpha value is -1.39. The van der Waals surface area contributed by atoms with Gasteiger partial charge in [-0.05, 0) is 30.4 Å². The van der Waals surface area contributed by atoms with Crippen molar-refractivity contribution >= 4 is 5.97 Å². The predicted octanol–water partition coefficient (Wildman–Crippen LogP) is 1.62. The smallest absolute Gasteiger partial charge is 0.303 e. The molecule has 1 fully saturated rings. The highest BCUT2D eigenvalue weighted by Gasteiger charge is 2.40. The molecule has 4 N–H and O–H groups in total. The average molecular weight is 249 g/mol. The van der Waals surface area contributed by atoms with Crippen molar-refractivity contribution in [2.45, 2.75) is 43.7 Å². The molecule has 0 bridgehead atoms. The van der Waals surface area contributed by atoms with E-state index in [2.05, 4.69) is 0 Å². The van der Waals surface area contributed by atoms with Gasteiger partial charge in [0.1, 0.15) is 0 Å². The summed E-state index contributed by atoms with van der Waals surface area (Å²) in [6, 6.07) is 7.52. The maximum Gasteiger partial charge on any atom is 0.303 e. The third-order valence-electron chi connectivity index (χ3n) is 3.41. The van der Waals surface area contributed by atoms with E-state index in [9.17, 15) is 9.90 Å². The number of carboxylic acids is 1. The highest BCUT2D eigenvalue weighted by molar-refractivity contribution is 5.66. The lowest BCUT2D eigenvalue weighted by atomic mass is 9.98. The molecule has 1 atom stereocenters. The van der Waals surface area contributed by atoms with Crippen LogP contribution in [0.5, 0.6) is 0 Å². The van der Waals surface area contributed by atoms with E-state index >= 15 is 0 Å². The van der Waals surface area contributed by atoms with E-state index in [1.54, 1.807) is 0 Å². The molecule has 2 rings (SSSR count). The van der Waals surface area contributed by atoms with Crippen LogP contribution >= 0.6 is 0 Å². The predicted molar refractivity (Wildman–Crippen MR) is 68.1 cm³/mol. The SMILES string of the molecule is NC(CCC(=O)O)c1cccc(CC2(O)CC2)c1. The van der Waals surface area contributed by atoms with Crippen LogP contribution in [0.2, 0.25) is 0 Å². The molecule has 4 nitrogen and oxygen atoms in total. The number of carboxylic acid groups (broad SMARTS) is 1. The van der Waals surface area contributed by atoms with Gasteiger partial charge in [-0.25, -0.2) is 0 Å². The molecule has 1 aliphatic carbocycles. The van der Waals surface area contributed by atoms with Crippen molar-refractivity contribution in [2.24, 2.45) is 5.73 Å². The Morgan fingerprint density at radius 3 is 2.78 bits per heavy atom. The van der Waals surface area contributed by atoms with Crippen LogP contribution in [0.3, 0.4) is 0 Å². The van der Waals surface area contributed by atoms with Crippen LogP contribution in [0.4, 0.5) is 0 Å². The van der Waals surface area contributed by atoms with Crippen molar-refractivity contribution in [3.05, 3.63) is 35.4 Å². The molecule has 0 amide bonds. The molecule has 1 aromatic carbocycles. The minimum atomic E-state index is -0.825. The van der Waals surface area contributed by atoms with Crippen LogP contribution < -0.4 is 5.73 Å². The summed E-state index contributed by atoms with van der Waals surface area (Å²) in [5, 5.41) is 18.5. The second kappa shape index (κ2) is 5.08. The zero-order chi connectivity index (χ0) is 13.2. The quantitative estimate of drug-likeness (QED) is 0.715. The fraction of sp³-hybridized carbons (Fsp3) is 0.500. The molecule has 0 saturated heterocycles. The van der Waals surface area contributed by atoms with E-state index in [4.69, 9.17) is 10.8 Å². The van der Waals surface area contributed by atoms with E-state index in [0.29, 0.717) is 12.8 Å². The van der Waals surface area contributed by atoms with Gasteiger partial charge < -0.3 is 15.9 Å². The lowest BCUT2D eigenvalue weighted by molar-refractivity contribution is -0.137. The van der Waals surface area contributed by atoms with Gasteiger partial charge in [-0.3, -0.25) is 4.79 Å². The summed E-state index contributed by atoms with van der Waals surface area (Å²) in [5.41, 5.74) is 7.47. The van der Waals surface area contributed by atoms with Gasteiger partial charge >= 0.3 is 5.97 Å². The summed E-state index contributed by atoms with van der Waals surface area (Å²) < 4.78 is 0. The number of aliphatic carboxylic acids is 1. The molecule has 98 valence electrons. The molecular formula is C14H19NO3. The average Bonchev–Trinajstić information content (AvgIpc) is 3.04. The molecule has 1 unspecified atom stereocenters. The number of hydrogen-bond donors (Lipinski definition) is 3. The van der Waals surface area contributed by atoms with Gasteiger partial charge in [0.15, 0.2) is 0 Å². The third kappa shape index (κ3) is 3.55. The molecule has 4 heteroatoms. The first-order chi connectivity index (χ1) is 8.48.